The molecule has 0 heterocycles. The summed E-state index contributed by atoms with van der Waals surface area (Å²) in [6.07, 6.45) is 2.05. The van der Waals surface area contributed by atoms with Crippen molar-refractivity contribution in [3.05, 3.63) is 42.0 Å². The molecule has 1 amide bonds. The van der Waals surface area contributed by atoms with Crippen LogP contribution in [0.3, 0.4) is 0 Å². The topological polar surface area (TPSA) is 49.3 Å². The van der Waals surface area contributed by atoms with Gasteiger partial charge in [-0.25, -0.2) is 0 Å². The Morgan fingerprint density at radius 1 is 1.16 bits per heavy atom. The molecule has 0 aliphatic carbocycles. The van der Waals surface area contributed by atoms with Crippen molar-refractivity contribution in [1.29, 1.82) is 0 Å². The molecule has 0 aliphatic rings. The van der Waals surface area contributed by atoms with E-state index >= 15 is 0 Å². The van der Waals surface area contributed by atoms with Crippen molar-refractivity contribution in [3.63, 3.8) is 0 Å². The van der Waals surface area contributed by atoms with E-state index in [9.17, 15) is 9.90 Å². The van der Waals surface area contributed by atoms with Gasteiger partial charge in [-0.1, -0.05) is 52.9 Å². The van der Waals surface area contributed by atoms with E-state index in [0.717, 1.165) is 22.7 Å². The van der Waals surface area contributed by atoms with Gasteiger partial charge in [0, 0.05) is 11.9 Å². The second-order valence-electron chi connectivity index (χ2n) is 4.33. The van der Waals surface area contributed by atoms with E-state index in [0.29, 0.717) is 17.5 Å². The zero-order valence-electron chi connectivity index (χ0n) is 10.5. The predicted octanol–water partition coefficient (Wildman–Crippen LogP) is 3.49. The lowest BCUT2D eigenvalue weighted by Gasteiger charge is -2.08. The third-order valence-electron chi connectivity index (χ3n) is 2.99. The van der Waals surface area contributed by atoms with Crippen molar-refractivity contribution >= 4 is 39.3 Å². The first kappa shape index (κ1) is 14.1. The van der Waals surface area contributed by atoms with E-state index in [2.05, 4.69) is 27.9 Å². The number of amides is 1. The number of alkyl halides is 1. The van der Waals surface area contributed by atoms with Crippen LogP contribution in [0, 0.1) is 0 Å². The molecule has 0 saturated carbocycles. The average Bonchev–Trinajstić information content (AvgIpc) is 2.44. The van der Waals surface area contributed by atoms with Gasteiger partial charge in [-0.2, -0.15) is 0 Å². The van der Waals surface area contributed by atoms with Crippen LogP contribution in [-0.4, -0.2) is 22.0 Å². The zero-order valence-corrected chi connectivity index (χ0v) is 12.7. The number of carbonyl (C=O) groups is 1. The Morgan fingerprint density at radius 2 is 1.95 bits per heavy atom. The molecular formula is C15H16INO2. The second kappa shape index (κ2) is 6.75. The van der Waals surface area contributed by atoms with E-state index < -0.39 is 0 Å². The molecule has 0 aliphatic heterocycles. The van der Waals surface area contributed by atoms with E-state index in [-0.39, 0.29) is 11.7 Å². The van der Waals surface area contributed by atoms with Gasteiger partial charge in [0.05, 0.1) is 5.56 Å². The normalized spacial score (nSPS) is 10.6. The number of phenols is 1. The zero-order chi connectivity index (χ0) is 13.7. The highest BCUT2D eigenvalue weighted by Crippen LogP contribution is 2.28. The number of nitrogens with one attached hydrogen (secondary N) is 1. The molecular weight excluding hydrogens is 353 g/mol. The van der Waals surface area contributed by atoms with E-state index in [1.807, 2.05) is 30.3 Å². The van der Waals surface area contributed by atoms with E-state index in [1.165, 1.54) is 0 Å². The van der Waals surface area contributed by atoms with Crippen molar-refractivity contribution in [1.82, 2.24) is 5.32 Å². The molecule has 3 nitrogen and oxygen atoms in total. The number of benzene rings is 2. The van der Waals surface area contributed by atoms with E-state index in [4.69, 9.17) is 0 Å². The van der Waals surface area contributed by atoms with Crippen LogP contribution in [0.25, 0.3) is 10.8 Å². The molecule has 4 heteroatoms. The summed E-state index contributed by atoms with van der Waals surface area (Å²) >= 11 is 2.32. The summed E-state index contributed by atoms with van der Waals surface area (Å²) in [6.45, 7) is 0.647. The first-order valence-corrected chi connectivity index (χ1v) is 7.81. The number of fused-ring (bicyclic) bond motifs is 1. The van der Waals surface area contributed by atoms with Gasteiger partial charge in [-0.15, -0.1) is 0 Å². The standard InChI is InChI=1S/C15H16INO2/c16-9-3-4-10-17-15(19)13-8-7-11-5-1-2-6-12(11)14(13)18/h1-2,5-8,18H,3-4,9-10H2,(H,17,19). The maximum Gasteiger partial charge on any atom is 0.255 e. The van der Waals surface area contributed by atoms with Gasteiger partial charge < -0.3 is 10.4 Å². The van der Waals surface area contributed by atoms with Gasteiger partial charge in [-0.05, 0) is 28.7 Å². The molecule has 0 unspecified atom stereocenters. The molecule has 0 radical (unpaired) electrons. The molecule has 2 aromatic carbocycles. The molecule has 100 valence electrons. The predicted molar refractivity (Wildman–Crippen MR) is 86.1 cm³/mol. The first-order valence-electron chi connectivity index (χ1n) is 6.29. The number of phenolic OH excluding ortho intramolecular Hbond substituents is 1. The van der Waals surface area contributed by atoms with Crippen LogP contribution >= 0.6 is 22.6 Å². The molecule has 2 aromatic rings. The molecule has 2 rings (SSSR count). The van der Waals surface area contributed by atoms with Gasteiger partial charge >= 0.3 is 0 Å². The summed E-state index contributed by atoms with van der Waals surface area (Å²) in [4.78, 5) is 12.0. The SMILES string of the molecule is O=C(NCCCCI)c1ccc2ccccc2c1O. The Morgan fingerprint density at radius 3 is 2.74 bits per heavy atom. The fourth-order valence-electron chi connectivity index (χ4n) is 1.95. The van der Waals surface area contributed by atoms with Gasteiger partial charge in [0.2, 0.25) is 0 Å². The number of aromatic hydroxyl groups is 1. The van der Waals surface area contributed by atoms with Gasteiger partial charge in [0.15, 0.2) is 0 Å². The highest BCUT2D eigenvalue weighted by atomic mass is 127. The molecule has 19 heavy (non-hydrogen) atoms. The smallest absolute Gasteiger partial charge is 0.255 e. The summed E-state index contributed by atoms with van der Waals surface area (Å²) in [5.41, 5.74) is 0.341. The van der Waals surface area contributed by atoms with Crippen LogP contribution in [0.5, 0.6) is 5.75 Å². The van der Waals surface area contributed by atoms with Crippen molar-refractivity contribution in [2.24, 2.45) is 0 Å². The maximum absolute atomic E-state index is 12.0. The minimum absolute atomic E-state index is 0.0597. The minimum atomic E-state index is -0.211. The maximum atomic E-state index is 12.0. The number of carbonyl (C=O) groups excluding carboxylic acids is 1. The molecule has 0 spiro atoms. The largest absolute Gasteiger partial charge is 0.506 e. The van der Waals surface area contributed by atoms with Crippen molar-refractivity contribution < 1.29 is 9.90 Å². The molecule has 0 saturated heterocycles. The number of rotatable bonds is 5. The third-order valence-corrected chi connectivity index (χ3v) is 3.75. The molecule has 0 atom stereocenters. The van der Waals surface area contributed by atoms with Crippen molar-refractivity contribution in [3.8, 4) is 5.75 Å². The van der Waals surface area contributed by atoms with Crippen LogP contribution in [0.1, 0.15) is 23.2 Å². The molecule has 2 N–H and O–H groups in total. The molecule has 0 aromatic heterocycles. The Hall–Kier alpha value is -1.30. The van der Waals surface area contributed by atoms with E-state index in [1.54, 1.807) is 6.07 Å². The Bertz CT molecular complexity index is 583. The van der Waals surface area contributed by atoms with Crippen LogP contribution in [0.4, 0.5) is 0 Å². The Balaban J connectivity index is 2.16. The highest BCUT2D eigenvalue weighted by Gasteiger charge is 2.12. The molecule has 0 bridgehead atoms. The lowest BCUT2D eigenvalue weighted by Crippen LogP contribution is -2.24. The summed E-state index contributed by atoms with van der Waals surface area (Å²) in [5, 5.41) is 14.6. The lowest BCUT2D eigenvalue weighted by molar-refractivity contribution is 0.0951. The van der Waals surface area contributed by atoms with Gasteiger partial charge in [-0.3, -0.25) is 4.79 Å². The fourth-order valence-corrected chi connectivity index (χ4v) is 2.49. The summed E-state index contributed by atoms with van der Waals surface area (Å²) in [5.74, 6) is -0.152. The first-order chi connectivity index (χ1) is 9.24. The van der Waals surface area contributed by atoms with Crippen LogP contribution < -0.4 is 5.32 Å². The van der Waals surface area contributed by atoms with Crippen LogP contribution in [-0.2, 0) is 0 Å². The lowest BCUT2D eigenvalue weighted by atomic mass is 10.0. The Kier molecular flexibility index (Phi) is 5.01. The Labute approximate surface area is 126 Å². The fraction of sp³-hybridized carbons (Fsp3) is 0.267. The van der Waals surface area contributed by atoms with Crippen molar-refractivity contribution in [2.45, 2.75) is 12.8 Å². The van der Waals surface area contributed by atoms with Gasteiger partial charge in [0.1, 0.15) is 5.75 Å². The second-order valence-corrected chi connectivity index (χ2v) is 5.41. The number of hydrogen-bond donors (Lipinski definition) is 2. The third kappa shape index (κ3) is 3.37. The molecule has 0 fully saturated rings. The van der Waals surface area contributed by atoms with Crippen LogP contribution in [0.15, 0.2) is 36.4 Å². The minimum Gasteiger partial charge on any atom is -0.506 e. The average molecular weight is 369 g/mol. The van der Waals surface area contributed by atoms with Gasteiger partial charge in [0.25, 0.3) is 5.91 Å². The summed E-state index contributed by atoms with van der Waals surface area (Å²) in [6, 6.07) is 11.0. The van der Waals surface area contributed by atoms with Crippen LogP contribution in [0.2, 0.25) is 0 Å². The monoisotopic (exact) mass is 369 g/mol. The quantitative estimate of drug-likeness (QED) is 0.482. The number of unbranched alkanes of at least 4 members (excludes halogenated alkanes) is 1. The summed E-state index contributed by atoms with van der Waals surface area (Å²) in [7, 11) is 0. The van der Waals surface area contributed by atoms with Crippen molar-refractivity contribution in [2.75, 3.05) is 11.0 Å². The highest BCUT2D eigenvalue weighted by molar-refractivity contribution is 14.1. The summed E-state index contributed by atoms with van der Waals surface area (Å²) < 4.78 is 1.09. The number of halogens is 1. The number of hydrogen-bond acceptors (Lipinski definition) is 2.